The molecule has 2 aromatic rings. The first kappa shape index (κ1) is 18.0. The standard InChI is InChI=1S/C18H25BN2O4/c20-18(17(22)23,7-3-4-8-19(24)25)15-9-16(10-15)21-11-13-5-1-2-6-14(13)12-21/h1-2,5-6,11-12,15-16,24-25H,3-4,7-10,20H2,(H,22,23)/t15?,16?,18-/m0/s1. The lowest BCUT2D eigenvalue weighted by Gasteiger charge is -2.45. The molecule has 1 saturated carbocycles. The minimum atomic E-state index is -1.34. The second kappa shape index (κ2) is 7.19. The van der Waals surface area contributed by atoms with Crippen LogP contribution in [0.15, 0.2) is 36.7 Å². The van der Waals surface area contributed by atoms with Gasteiger partial charge in [0.1, 0.15) is 5.54 Å². The van der Waals surface area contributed by atoms with Crippen molar-refractivity contribution in [1.82, 2.24) is 4.57 Å². The zero-order valence-corrected chi connectivity index (χ0v) is 14.2. The number of carbonyl (C=O) groups is 1. The largest absolute Gasteiger partial charge is 0.480 e. The molecule has 1 atom stereocenters. The van der Waals surface area contributed by atoms with Crippen LogP contribution in [0.3, 0.4) is 0 Å². The van der Waals surface area contributed by atoms with Crippen molar-refractivity contribution in [2.45, 2.75) is 50.0 Å². The van der Waals surface area contributed by atoms with Gasteiger partial charge in [-0.25, -0.2) is 0 Å². The molecule has 0 unspecified atom stereocenters. The molecule has 1 aliphatic rings. The van der Waals surface area contributed by atoms with E-state index in [4.69, 9.17) is 15.8 Å². The molecule has 0 saturated heterocycles. The summed E-state index contributed by atoms with van der Waals surface area (Å²) in [6.45, 7) is 0. The summed E-state index contributed by atoms with van der Waals surface area (Å²) >= 11 is 0. The molecule has 0 aliphatic heterocycles. The van der Waals surface area contributed by atoms with Gasteiger partial charge in [-0.2, -0.15) is 0 Å². The van der Waals surface area contributed by atoms with E-state index in [1.165, 1.54) is 10.8 Å². The van der Waals surface area contributed by atoms with Gasteiger partial charge in [0.25, 0.3) is 0 Å². The molecule has 3 rings (SSSR count). The Morgan fingerprint density at radius 2 is 1.80 bits per heavy atom. The Kier molecular flexibility index (Phi) is 5.17. The maximum atomic E-state index is 11.7. The number of carboxylic acids is 1. The Hall–Kier alpha value is -1.83. The average molecular weight is 344 g/mol. The zero-order chi connectivity index (χ0) is 18.0. The number of fused-ring (bicyclic) bond motifs is 1. The van der Waals surface area contributed by atoms with Crippen LogP contribution in [0.4, 0.5) is 0 Å². The van der Waals surface area contributed by atoms with Gasteiger partial charge < -0.3 is 25.5 Å². The fraction of sp³-hybridized carbons (Fsp3) is 0.500. The Bertz CT molecular complexity index is 709. The third-order valence-electron chi connectivity index (χ3n) is 5.54. The summed E-state index contributed by atoms with van der Waals surface area (Å²) in [5.41, 5.74) is 5.01. The van der Waals surface area contributed by atoms with Crippen molar-refractivity contribution in [2.24, 2.45) is 11.7 Å². The SMILES string of the molecule is N[C@](CCCCB(O)O)(C(=O)O)C1CC(n2cc3ccccc3c2)C1. The van der Waals surface area contributed by atoms with E-state index in [-0.39, 0.29) is 12.2 Å². The normalized spacial score (nSPS) is 22.4. The van der Waals surface area contributed by atoms with Gasteiger partial charge in [-0.1, -0.05) is 37.1 Å². The van der Waals surface area contributed by atoms with E-state index in [2.05, 4.69) is 29.1 Å². The first-order valence-electron chi connectivity index (χ1n) is 8.85. The highest BCUT2D eigenvalue weighted by molar-refractivity contribution is 6.40. The molecule has 0 radical (unpaired) electrons. The van der Waals surface area contributed by atoms with Crippen molar-refractivity contribution in [2.75, 3.05) is 0 Å². The smallest absolute Gasteiger partial charge is 0.451 e. The highest BCUT2D eigenvalue weighted by Gasteiger charge is 2.48. The van der Waals surface area contributed by atoms with E-state index in [0.717, 1.165) is 12.8 Å². The minimum absolute atomic E-state index is 0.0560. The number of rotatable bonds is 8. The molecule has 6 nitrogen and oxygen atoms in total. The molecule has 1 aromatic carbocycles. The first-order chi connectivity index (χ1) is 11.9. The highest BCUT2D eigenvalue weighted by atomic mass is 16.4. The highest BCUT2D eigenvalue weighted by Crippen LogP contribution is 2.45. The molecule has 25 heavy (non-hydrogen) atoms. The van der Waals surface area contributed by atoms with Crippen molar-refractivity contribution < 1.29 is 19.9 Å². The summed E-state index contributed by atoms with van der Waals surface area (Å²) in [5.74, 6) is -1.02. The lowest BCUT2D eigenvalue weighted by molar-refractivity contribution is -0.148. The molecular weight excluding hydrogens is 319 g/mol. The van der Waals surface area contributed by atoms with Gasteiger partial charge in [0, 0.05) is 18.4 Å². The van der Waals surface area contributed by atoms with Crippen molar-refractivity contribution in [3.8, 4) is 0 Å². The van der Waals surface area contributed by atoms with Crippen LogP contribution in [0.2, 0.25) is 6.32 Å². The van der Waals surface area contributed by atoms with E-state index in [1.807, 2.05) is 12.1 Å². The number of aliphatic carboxylic acids is 1. The number of aromatic nitrogens is 1. The van der Waals surface area contributed by atoms with Crippen LogP contribution >= 0.6 is 0 Å². The predicted octanol–water partition coefficient (Wildman–Crippen LogP) is 2.02. The van der Waals surface area contributed by atoms with Crippen molar-refractivity contribution in [1.29, 1.82) is 0 Å². The van der Waals surface area contributed by atoms with Gasteiger partial charge in [0.15, 0.2) is 0 Å². The second-order valence-electron chi connectivity index (χ2n) is 7.23. The summed E-state index contributed by atoms with van der Waals surface area (Å²) < 4.78 is 2.17. The van der Waals surface area contributed by atoms with Gasteiger partial charge in [-0.3, -0.25) is 4.79 Å². The van der Waals surface area contributed by atoms with Crippen LogP contribution < -0.4 is 5.73 Å². The van der Waals surface area contributed by atoms with E-state index < -0.39 is 18.6 Å². The van der Waals surface area contributed by atoms with Crippen LogP contribution in [-0.4, -0.2) is 38.3 Å². The molecule has 0 spiro atoms. The summed E-state index contributed by atoms with van der Waals surface area (Å²) in [4.78, 5) is 11.7. The topological polar surface area (TPSA) is 109 Å². The van der Waals surface area contributed by atoms with Crippen molar-refractivity contribution in [3.63, 3.8) is 0 Å². The van der Waals surface area contributed by atoms with Gasteiger partial charge in [-0.15, -0.1) is 0 Å². The fourth-order valence-corrected chi connectivity index (χ4v) is 3.80. The molecule has 5 N–H and O–H groups in total. The van der Waals surface area contributed by atoms with Crippen LogP contribution in [0.1, 0.15) is 38.1 Å². The summed E-state index contributed by atoms with van der Waals surface area (Å²) in [6, 6.07) is 8.45. The van der Waals surface area contributed by atoms with Gasteiger partial charge in [-0.05, 0) is 42.3 Å². The average Bonchev–Trinajstić information content (AvgIpc) is 2.93. The molecule has 1 fully saturated rings. The third-order valence-corrected chi connectivity index (χ3v) is 5.54. The molecule has 1 heterocycles. The fourth-order valence-electron chi connectivity index (χ4n) is 3.80. The Morgan fingerprint density at radius 3 is 2.32 bits per heavy atom. The van der Waals surface area contributed by atoms with Gasteiger partial charge in [0.05, 0.1) is 0 Å². The molecule has 1 aromatic heterocycles. The quantitative estimate of drug-likeness (QED) is 0.433. The molecule has 134 valence electrons. The molecule has 0 bridgehead atoms. The maximum Gasteiger partial charge on any atom is 0.451 e. The molecule has 1 aliphatic carbocycles. The lowest BCUT2D eigenvalue weighted by Crippen LogP contribution is -2.58. The number of hydrogen-bond acceptors (Lipinski definition) is 4. The number of nitrogens with zero attached hydrogens (tertiary/aromatic N) is 1. The van der Waals surface area contributed by atoms with E-state index in [0.29, 0.717) is 25.3 Å². The third kappa shape index (κ3) is 3.73. The van der Waals surface area contributed by atoms with Gasteiger partial charge in [0.2, 0.25) is 0 Å². The predicted molar refractivity (Wildman–Crippen MR) is 97.1 cm³/mol. The summed E-state index contributed by atoms with van der Waals surface area (Å²) in [5, 5.41) is 29.8. The molecule has 0 amide bonds. The number of hydrogen-bond donors (Lipinski definition) is 4. The number of nitrogens with two attached hydrogens (primary N) is 1. The molecular formula is C18H25BN2O4. The number of carboxylic acid groups (broad SMARTS) is 1. The number of benzene rings is 1. The Balaban J connectivity index is 1.60. The molecule has 7 heteroatoms. The van der Waals surface area contributed by atoms with E-state index in [9.17, 15) is 9.90 Å². The summed E-state index contributed by atoms with van der Waals surface area (Å²) in [7, 11) is -1.34. The van der Waals surface area contributed by atoms with Crippen LogP contribution in [0.5, 0.6) is 0 Å². The van der Waals surface area contributed by atoms with E-state index >= 15 is 0 Å². The van der Waals surface area contributed by atoms with Crippen LogP contribution in [0.25, 0.3) is 10.8 Å². The number of unbranched alkanes of at least 4 members (excludes halogenated alkanes) is 1. The second-order valence-corrected chi connectivity index (χ2v) is 7.23. The Labute approximate surface area is 147 Å². The van der Waals surface area contributed by atoms with E-state index in [1.54, 1.807) is 0 Å². The Morgan fingerprint density at radius 1 is 1.20 bits per heavy atom. The minimum Gasteiger partial charge on any atom is -0.480 e. The van der Waals surface area contributed by atoms with Crippen LogP contribution in [-0.2, 0) is 4.79 Å². The monoisotopic (exact) mass is 344 g/mol. The zero-order valence-electron chi connectivity index (χ0n) is 14.2. The lowest BCUT2D eigenvalue weighted by atomic mass is 9.66. The van der Waals surface area contributed by atoms with Gasteiger partial charge >= 0.3 is 13.1 Å². The first-order valence-corrected chi connectivity index (χ1v) is 8.85. The van der Waals surface area contributed by atoms with Crippen molar-refractivity contribution in [3.05, 3.63) is 36.7 Å². The maximum absolute atomic E-state index is 11.7. The van der Waals surface area contributed by atoms with Crippen LogP contribution in [0, 0.1) is 5.92 Å². The van der Waals surface area contributed by atoms with Crippen molar-refractivity contribution >= 4 is 23.9 Å². The summed E-state index contributed by atoms with van der Waals surface area (Å²) in [6.07, 6.45) is 7.48.